The van der Waals surface area contributed by atoms with Crippen LogP contribution < -0.4 is 11.1 Å². The van der Waals surface area contributed by atoms with Crippen molar-refractivity contribution in [2.75, 3.05) is 13.1 Å². The molecule has 0 saturated carbocycles. The van der Waals surface area contributed by atoms with Crippen LogP contribution in [-0.4, -0.2) is 24.1 Å². The van der Waals surface area contributed by atoms with Crippen molar-refractivity contribution in [2.24, 2.45) is 5.73 Å². The van der Waals surface area contributed by atoms with Crippen LogP contribution >= 0.6 is 0 Å². The third-order valence-corrected chi connectivity index (χ3v) is 1.51. The van der Waals surface area contributed by atoms with Crippen molar-refractivity contribution in [2.45, 2.75) is 6.10 Å². The van der Waals surface area contributed by atoms with E-state index in [9.17, 15) is 9.90 Å². The molecule has 0 aliphatic carbocycles. The molecule has 1 aromatic heterocycles. The second-order valence-corrected chi connectivity index (χ2v) is 2.63. The van der Waals surface area contributed by atoms with Gasteiger partial charge in [0.15, 0.2) is 0 Å². The molecule has 1 unspecified atom stereocenters. The Labute approximate surface area is 75.5 Å². The van der Waals surface area contributed by atoms with Crippen LogP contribution in [0.4, 0.5) is 0 Å². The van der Waals surface area contributed by atoms with E-state index < -0.39 is 12.0 Å². The average Bonchev–Trinajstić information content (AvgIpc) is 2.55. The molecule has 0 aliphatic rings. The predicted molar refractivity (Wildman–Crippen MR) is 45.7 cm³/mol. The summed E-state index contributed by atoms with van der Waals surface area (Å²) >= 11 is 0. The smallest absolute Gasteiger partial charge is 0.231 e. The van der Waals surface area contributed by atoms with Crippen LogP contribution in [0.1, 0.15) is 11.9 Å². The maximum absolute atomic E-state index is 10.3. The van der Waals surface area contributed by atoms with Gasteiger partial charge in [0.1, 0.15) is 11.9 Å². The summed E-state index contributed by atoms with van der Waals surface area (Å²) in [6, 6.07) is 3.35. The molecule has 1 atom stereocenters. The van der Waals surface area contributed by atoms with Gasteiger partial charge in [-0.15, -0.1) is 0 Å². The molecular weight excluding hydrogens is 172 g/mol. The van der Waals surface area contributed by atoms with Crippen LogP contribution in [0, 0.1) is 0 Å². The Kier molecular flexibility index (Phi) is 3.48. The van der Waals surface area contributed by atoms with Crippen molar-refractivity contribution in [3.05, 3.63) is 24.2 Å². The predicted octanol–water partition coefficient (Wildman–Crippen LogP) is -0.612. The van der Waals surface area contributed by atoms with Crippen LogP contribution in [0.2, 0.25) is 0 Å². The molecule has 0 aromatic carbocycles. The highest BCUT2D eigenvalue weighted by molar-refractivity contribution is 5.75. The molecule has 5 nitrogen and oxygen atoms in total. The molecule has 1 amide bonds. The van der Waals surface area contributed by atoms with Crippen molar-refractivity contribution in [1.82, 2.24) is 5.32 Å². The lowest BCUT2D eigenvalue weighted by molar-refractivity contribution is -0.117. The van der Waals surface area contributed by atoms with Crippen molar-refractivity contribution < 1.29 is 14.3 Å². The Balaban J connectivity index is 2.26. The van der Waals surface area contributed by atoms with Gasteiger partial charge in [-0.1, -0.05) is 0 Å². The van der Waals surface area contributed by atoms with E-state index in [-0.39, 0.29) is 13.1 Å². The molecule has 0 fully saturated rings. The lowest BCUT2D eigenvalue weighted by Gasteiger charge is -2.07. The second-order valence-electron chi connectivity index (χ2n) is 2.63. The summed E-state index contributed by atoms with van der Waals surface area (Å²) in [7, 11) is 0. The molecule has 1 heterocycles. The van der Waals surface area contributed by atoms with Gasteiger partial charge in [0.05, 0.1) is 12.8 Å². The zero-order chi connectivity index (χ0) is 9.68. The van der Waals surface area contributed by atoms with Crippen molar-refractivity contribution in [3.63, 3.8) is 0 Å². The fourth-order valence-electron chi connectivity index (χ4n) is 0.914. The minimum atomic E-state index is -0.741. The van der Waals surface area contributed by atoms with E-state index in [2.05, 4.69) is 5.32 Å². The van der Waals surface area contributed by atoms with Crippen LogP contribution in [0.15, 0.2) is 22.8 Å². The number of primary amides is 1. The van der Waals surface area contributed by atoms with Gasteiger partial charge in [-0.3, -0.25) is 4.79 Å². The van der Waals surface area contributed by atoms with E-state index >= 15 is 0 Å². The number of hydrogen-bond donors (Lipinski definition) is 3. The van der Waals surface area contributed by atoms with Gasteiger partial charge in [-0.2, -0.15) is 0 Å². The average molecular weight is 184 g/mol. The number of aliphatic hydroxyl groups is 1. The molecule has 0 spiro atoms. The van der Waals surface area contributed by atoms with E-state index in [0.29, 0.717) is 5.76 Å². The van der Waals surface area contributed by atoms with Gasteiger partial charge in [-0.05, 0) is 12.1 Å². The molecule has 0 aliphatic heterocycles. The van der Waals surface area contributed by atoms with Crippen molar-refractivity contribution >= 4 is 5.91 Å². The summed E-state index contributed by atoms with van der Waals surface area (Å²) in [5, 5.41) is 12.1. The number of amides is 1. The molecule has 0 bridgehead atoms. The Morgan fingerprint density at radius 1 is 1.77 bits per heavy atom. The van der Waals surface area contributed by atoms with E-state index in [4.69, 9.17) is 10.2 Å². The molecule has 5 heteroatoms. The molecule has 1 rings (SSSR count). The number of aliphatic hydroxyl groups excluding tert-OH is 1. The minimum Gasteiger partial charge on any atom is -0.467 e. The third kappa shape index (κ3) is 3.27. The van der Waals surface area contributed by atoms with Gasteiger partial charge in [-0.25, -0.2) is 0 Å². The molecule has 13 heavy (non-hydrogen) atoms. The minimum absolute atomic E-state index is 0.0533. The summed E-state index contributed by atoms with van der Waals surface area (Å²) in [6.45, 7) is 0.300. The Bertz CT molecular complexity index is 258. The number of furan rings is 1. The lowest BCUT2D eigenvalue weighted by Crippen LogP contribution is -2.31. The molecule has 0 radical (unpaired) electrons. The summed E-state index contributed by atoms with van der Waals surface area (Å²) in [4.78, 5) is 10.3. The first-order valence-corrected chi connectivity index (χ1v) is 3.90. The van der Waals surface area contributed by atoms with E-state index in [1.54, 1.807) is 12.1 Å². The highest BCUT2D eigenvalue weighted by Crippen LogP contribution is 2.11. The molecule has 0 saturated heterocycles. The van der Waals surface area contributed by atoms with Gasteiger partial charge >= 0.3 is 0 Å². The molecular formula is C8H12N2O3. The van der Waals surface area contributed by atoms with Gasteiger partial charge < -0.3 is 20.6 Å². The van der Waals surface area contributed by atoms with Gasteiger partial charge in [0.25, 0.3) is 0 Å². The maximum Gasteiger partial charge on any atom is 0.231 e. The molecule has 1 aromatic rings. The zero-order valence-electron chi connectivity index (χ0n) is 7.06. The fraction of sp³-hybridized carbons (Fsp3) is 0.375. The van der Waals surface area contributed by atoms with Crippen LogP contribution in [0.5, 0.6) is 0 Å². The van der Waals surface area contributed by atoms with E-state index in [1.165, 1.54) is 6.26 Å². The first kappa shape index (κ1) is 9.76. The summed E-state index contributed by atoms with van der Waals surface area (Å²) < 4.78 is 4.95. The van der Waals surface area contributed by atoms with Gasteiger partial charge in [0.2, 0.25) is 5.91 Å². The first-order chi connectivity index (χ1) is 6.20. The SMILES string of the molecule is NC(=O)CNCC(O)c1ccco1. The fourth-order valence-corrected chi connectivity index (χ4v) is 0.914. The highest BCUT2D eigenvalue weighted by atomic mass is 16.4. The topological polar surface area (TPSA) is 88.5 Å². The summed E-state index contributed by atoms with van der Waals surface area (Å²) in [5.74, 6) is 0.0172. The number of hydrogen-bond acceptors (Lipinski definition) is 4. The highest BCUT2D eigenvalue weighted by Gasteiger charge is 2.09. The standard InChI is InChI=1S/C8H12N2O3/c9-8(12)5-10-4-6(11)7-2-1-3-13-7/h1-3,6,10-11H,4-5H2,(H2,9,12). The third-order valence-electron chi connectivity index (χ3n) is 1.51. The number of carbonyl (C=O) groups is 1. The van der Waals surface area contributed by atoms with Gasteiger partial charge in [0, 0.05) is 6.54 Å². The molecule has 72 valence electrons. The normalized spacial score (nSPS) is 12.7. The number of nitrogens with one attached hydrogen (secondary N) is 1. The lowest BCUT2D eigenvalue weighted by atomic mass is 10.3. The second kappa shape index (κ2) is 4.64. The Hall–Kier alpha value is -1.33. The quantitative estimate of drug-likeness (QED) is 0.569. The van der Waals surface area contributed by atoms with Crippen LogP contribution in [-0.2, 0) is 4.79 Å². The zero-order valence-corrected chi connectivity index (χ0v) is 7.06. The van der Waals surface area contributed by atoms with Crippen LogP contribution in [0.3, 0.4) is 0 Å². The van der Waals surface area contributed by atoms with Crippen molar-refractivity contribution in [3.8, 4) is 0 Å². The summed E-state index contributed by atoms with van der Waals surface area (Å²) in [6.07, 6.45) is 0.737. The van der Waals surface area contributed by atoms with E-state index in [0.717, 1.165) is 0 Å². The number of rotatable bonds is 5. The van der Waals surface area contributed by atoms with Crippen LogP contribution in [0.25, 0.3) is 0 Å². The first-order valence-electron chi connectivity index (χ1n) is 3.90. The molecule has 4 N–H and O–H groups in total. The Morgan fingerprint density at radius 3 is 3.08 bits per heavy atom. The number of nitrogens with two attached hydrogens (primary N) is 1. The van der Waals surface area contributed by atoms with Crippen molar-refractivity contribution in [1.29, 1.82) is 0 Å². The number of carbonyl (C=O) groups excluding carboxylic acids is 1. The monoisotopic (exact) mass is 184 g/mol. The van der Waals surface area contributed by atoms with E-state index in [1.807, 2.05) is 0 Å². The largest absolute Gasteiger partial charge is 0.467 e. The Morgan fingerprint density at radius 2 is 2.54 bits per heavy atom. The maximum atomic E-state index is 10.3. The summed E-state index contributed by atoms with van der Waals surface area (Å²) in [5.41, 5.74) is 4.89.